The van der Waals surface area contributed by atoms with Gasteiger partial charge < -0.3 is 5.32 Å². The van der Waals surface area contributed by atoms with Crippen molar-refractivity contribution >= 4 is 62.1 Å². The minimum atomic E-state index is -3.78. The van der Waals surface area contributed by atoms with Crippen molar-refractivity contribution in [1.82, 2.24) is 0 Å². The highest BCUT2D eigenvalue weighted by atomic mass is 35.5. The molecule has 1 amide bonds. The van der Waals surface area contributed by atoms with Crippen LogP contribution in [0.2, 0.25) is 15.1 Å². The minimum Gasteiger partial charge on any atom is -0.324 e. The van der Waals surface area contributed by atoms with E-state index in [9.17, 15) is 13.2 Å². The molecule has 0 aliphatic rings. The third-order valence-electron chi connectivity index (χ3n) is 3.52. The molecule has 0 saturated heterocycles. The standard InChI is InChI=1S/C17H17Cl3N2O3S/c1-3-16(17(23)21-14-6-4-5-11(18)8-14)22(26(2,24)25)15-9-12(19)7-13(20)10-15/h4-10,16H,3H2,1-2H3,(H,21,23). The second kappa shape index (κ2) is 8.48. The molecule has 1 atom stereocenters. The quantitative estimate of drug-likeness (QED) is 0.706. The summed E-state index contributed by atoms with van der Waals surface area (Å²) in [5.41, 5.74) is 0.691. The number of halogens is 3. The molecule has 0 aliphatic heterocycles. The molecule has 5 nitrogen and oxygen atoms in total. The molecule has 140 valence electrons. The van der Waals surface area contributed by atoms with Gasteiger partial charge in [-0.05, 0) is 42.8 Å². The van der Waals surface area contributed by atoms with Crippen LogP contribution < -0.4 is 9.62 Å². The molecule has 0 heterocycles. The number of nitrogens with one attached hydrogen (secondary N) is 1. The van der Waals surface area contributed by atoms with Crippen LogP contribution in [0.5, 0.6) is 0 Å². The van der Waals surface area contributed by atoms with Crippen LogP contribution in [0.15, 0.2) is 42.5 Å². The van der Waals surface area contributed by atoms with Crippen LogP contribution in [-0.2, 0) is 14.8 Å². The lowest BCUT2D eigenvalue weighted by molar-refractivity contribution is -0.117. The largest absolute Gasteiger partial charge is 0.324 e. The lowest BCUT2D eigenvalue weighted by Crippen LogP contribution is -2.47. The van der Waals surface area contributed by atoms with Gasteiger partial charge in [-0.25, -0.2) is 8.42 Å². The Labute approximate surface area is 167 Å². The van der Waals surface area contributed by atoms with Crippen molar-refractivity contribution in [3.63, 3.8) is 0 Å². The summed E-state index contributed by atoms with van der Waals surface area (Å²) in [6.45, 7) is 1.71. The molecule has 2 aromatic rings. The van der Waals surface area contributed by atoms with Crippen molar-refractivity contribution in [3.8, 4) is 0 Å². The average Bonchev–Trinajstić information content (AvgIpc) is 2.49. The maximum atomic E-state index is 12.8. The highest BCUT2D eigenvalue weighted by Crippen LogP contribution is 2.30. The van der Waals surface area contributed by atoms with Gasteiger partial charge >= 0.3 is 0 Å². The Bertz CT molecular complexity index is 899. The van der Waals surface area contributed by atoms with Gasteiger partial charge in [-0.15, -0.1) is 0 Å². The van der Waals surface area contributed by atoms with Gasteiger partial charge in [-0.2, -0.15) is 0 Å². The third-order valence-corrected chi connectivity index (χ3v) is 5.38. The van der Waals surface area contributed by atoms with Gasteiger partial charge in [0, 0.05) is 20.8 Å². The fourth-order valence-corrected chi connectivity index (χ4v) is 4.42. The molecule has 0 fully saturated rings. The van der Waals surface area contributed by atoms with E-state index in [4.69, 9.17) is 34.8 Å². The van der Waals surface area contributed by atoms with Gasteiger partial charge in [0.25, 0.3) is 0 Å². The molecule has 2 aromatic carbocycles. The fraction of sp³-hybridized carbons (Fsp3) is 0.235. The van der Waals surface area contributed by atoms with E-state index >= 15 is 0 Å². The van der Waals surface area contributed by atoms with E-state index in [0.717, 1.165) is 10.6 Å². The molecule has 0 radical (unpaired) electrons. The lowest BCUT2D eigenvalue weighted by Gasteiger charge is -2.30. The number of carbonyl (C=O) groups is 1. The van der Waals surface area contributed by atoms with Crippen LogP contribution in [-0.4, -0.2) is 26.6 Å². The number of hydrogen-bond acceptors (Lipinski definition) is 3. The number of amides is 1. The van der Waals surface area contributed by atoms with Gasteiger partial charge in [0.15, 0.2) is 0 Å². The summed E-state index contributed by atoms with van der Waals surface area (Å²) in [6, 6.07) is 9.99. The molecule has 9 heteroatoms. The summed E-state index contributed by atoms with van der Waals surface area (Å²) in [7, 11) is -3.78. The smallest absolute Gasteiger partial charge is 0.248 e. The predicted molar refractivity (Wildman–Crippen MR) is 108 cm³/mol. The number of rotatable bonds is 6. The number of carbonyl (C=O) groups excluding carboxylic acids is 1. The van der Waals surface area contributed by atoms with E-state index in [0.29, 0.717) is 10.7 Å². The van der Waals surface area contributed by atoms with Crippen molar-refractivity contribution < 1.29 is 13.2 Å². The van der Waals surface area contributed by atoms with E-state index in [1.165, 1.54) is 18.2 Å². The van der Waals surface area contributed by atoms with Crippen molar-refractivity contribution in [3.05, 3.63) is 57.5 Å². The number of hydrogen-bond donors (Lipinski definition) is 1. The molecule has 0 aromatic heterocycles. The summed E-state index contributed by atoms with van der Waals surface area (Å²) in [6.07, 6.45) is 1.26. The van der Waals surface area contributed by atoms with E-state index in [1.54, 1.807) is 31.2 Å². The summed E-state index contributed by atoms with van der Waals surface area (Å²) < 4.78 is 25.8. The number of benzene rings is 2. The van der Waals surface area contributed by atoms with E-state index in [2.05, 4.69) is 5.32 Å². The fourth-order valence-electron chi connectivity index (χ4n) is 2.52. The lowest BCUT2D eigenvalue weighted by atomic mass is 10.2. The van der Waals surface area contributed by atoms with Gasteiger partial charge in [0.2, 0.25) is 15.9 Å². The first kappa shape index (κ1) is 20.8. The second-order valence-corrected chi connectivity index (χ2v) is 8.78. The van der Waals surface area contributed by atoms with Crippen LogP contribution in [0.1, 0.15) is 13.3 Å². The Morgan fingerprint density at radius 3 is 2.19 bits per heavy atom. The molecule has 26 heavy (non-hydrogen) atoms. The first-order valence-electron chi connectivity index (χ1n) is 7.63. The Morgan fingerprint density at radius 2 is 1.69 bits per heavy atom. The first-order valence-corrected chi connectivity index (χ1v) is 10.6. The minimum absolute atomic E-state index is 0.220. The molecule has 1 unspecified atom stereocenters. The normalized spacial score (nSPS) is 12.5. The average molecular weight is 436 g/mol. The molecular formula is C17H17Cl3N2O3S. The third kappa shape index (κ3) is 5.27. The monoisotopic (exact) mass is 434 g/mol. The summed E-state index contributed by atoms with van der Waals surface area (Å²) in [5, 5.41) is 3.69. The van der Waals surface area contributed by atoms with E-state index < -0.39 is 22.0 Å². The maximum absolute atomic E-state index is 12.8. The van der Waals surface area contributed by atoms with Crippen LogP contribution >= 0.6 is 34.8 Å². The number of anilines is 2. The van der Waals surface area contributed by atoms with Gasteiger partial charge in [0.05, 0.1) is 11.9 Å². The van der Waals surface area contributed by atoms with E-state index in [1.807, 2.05) is 0 Å². The molecule has 0 spiro atoms. The Morgan fingerprint density at radius 1 is 1.08 bits per heavy atom. The predicted octanol–water partition coefficient (Wildman–Crippen LogP) is 4.83. The van der Waals surface area contributed by atoms with Crippen LogP contribution in [0.3, 0.4) is 0 Å². The van der Waals surface area contributed by atoms with E-state index in [-0.39, 0.29) is 22.2 Å². The van der Waals surface area contributed by atoms with Crippen LogP contribution in [0, 0.1) is 0 Å². The zero-order valence-electron chi connectivity index (χ0n) is 14.0. The zero-order chi connectivity index (χ0) is 19.5. The van der Waals surface area contributed by atoms with Gasteiger partial charge in [-0.1, -0.05) is 47.8 Å². The van der Waals surface area contributed by atoms with Crippen LogP contribution in [0.25, 0.3) is 0 Å². The summed E-state index contributed by atoms with van der Waals surface area (Å²) in [5.74, 6) is -0.490. The van der Waals surface area contributed by atoms with Crippen molar-refractivity contribution in [2.45, 2.75) is 19.4 Å². The summed E-state index contributed by atoms with van der Waals surface area (Å²) in [4.78, 5) is 12.8. The Hall–Kier alpha value is -1.47. The maximum Gasteiger partial charge on any atom is 0.248 e. The number of nitrogens with zero attached hydrogens (tertiary/aromatic N) is 1. The Kier molecular flexibility index (Phi) is 6.80. The molecule has 2 rings (SSSR count). The first-order chi connectivity index (χ1) is 12.1. The molecule has 0 bridgehead atoms. The molecule has 0 saturated carbocycles. The topological polar surface area (TPSA) is 66.5 Å². The van der Waals surface area contributed by atoms with Crippen molar-refractivity contribution in [1.29, 1.82) is 0 Å². The molecule has 0 aliphatic carbocycles. The second-order valence-electron chi connectivity index (χ2n) is 5.61. The van der Waals surface area contributed by atoms with Crippen molar-refractivity contribution in [2.75, 3.05) is 15.9 Å². The highest BCUT2D eigenvalue weighted by molar-refractivity contribution is 7.92. The van der Waals surface area contributed by atoms with Crippen molar-refractivity contribution in [2.24, 2.45) is 0 Å². The number of sulfonamides is 1. The summed E-state index contributed by atoms with van der Waals surface area (Å²) >= 11 is 17.9. The zero-order valence-corrected chi connectivity index (χ0v) is 17.1. The van der Waals surface area contributed by atoms with Gasteiger partial charge in [0.1, 0.15) is 6.04 Å². The van der Waals surface area contributed by atoms with Gasteiger partial charge in [-0.3, -0.25) is 9.10 Å². The highest BCUT2D eigenvalue weighted by Gasteiger charge is 2.32. The Balaban J connectivity index is 2.42. The van der Waals surface area contributed by atoms with Crippen LogP contribution in [0.4, 0.5) is 11.4 Å². The molecule has 1 N–H and O–H groups in total. The SMILES string of the molecule is CCC(C(=O)Nc1cccc(Cl)c1)N(c1cc(Cl)cc(Cl)c1)S(C)(=O)=O. The molecular weight excluding hydrogens is 419 g/mol.